The first kappa shape index (κ1) is 23.1. The van der Waals surface area contributed by atoms with E-state index in [0.29, 0.717) is 0 Å². The van der Waals surface area contributed by atoms with E-state index in [1.807, 2.05) is 0 Å². The zero-order chi connectivity index (χ0) is 25.2. The Morgan fingerprint density at radius 3 is 2.03 bits per heavy atom. The number of phenolic OH excluding ortho intramolecular Hbond substituents is 1. The highest BCUT2D eigenvalue weighted by Crippen LogP contribution is 2.46. The van der Waals surface area contributed by atoms with Crippen LogP contribution < -0.4 is 25.5 Å². The summed E-state index contributed by atoms with van der Waals surface area (Å²) in [6.07, 6.45) is -8.05. The highest BCUT2D eigenvalue weighted by atomic mass is 16.7. The topological polar surface area (TPSA) is 198 Å². The number of hydrogen-bond acceptors (Lipinski definition) is 13. The molecule has 0 radical (unpaired) electrons. The maximum atomic E-state index is 12.9. The number of hydrogen-bond donors (Lipinski definition) is 5. The van der Waals surface area contributed by atoms with Gasteiger partial charge in [0.05, 0.1) is 31.6 Å². The normalized spacial score (nSPS) is 24.9. The van der Waals surface area contributed by atoms with Gasteiger partial charge in [0.25, 0.3) is 0 Å². The molecule has 35 heavy (non-hydrogen) atoms. The Bertz CT molecular complexity index is 1530. The van der Waals surface area contributed by atoms with Gasteiger partial charge >= 0.3 is 11.3 Å². The molecule has 1 fully saturated rings. The molecule has 0 saturated carbocycles. The molecule has 1 aliphatic heterocycles. The van der Waals surface area contributed by atoms with Gasteiger partial charge in [-0.3, -0.25) is 0 Å². The van der Waals surface area contributed by atoms with Crippen molar-refractivity contribution in [3.8, 4) is 23.0 Å². The Kier molecular flexibility index (Phi) is 5.45. The minimum atomic E-state index is -1.78. The standard InChI is InChI=1S/C22H20O13/c1-30-8-3-6-11-12-7(20(28)33-18(11)14(8)25)4-9(31-2)17(19(12)34-21(6)29)35-22-16(27)15(26)13(24)10(5-23)32-22/h3-4,10,13,15-16,22-27H,5H2,1-2H3/t10?,13-,15?,16+,22-/m1/s1. The molecule has 4 aromatic rings. The van der Waals surface area contributed by atoms with Crippen molar-refractivity contribution >= 4 is 32.7 Å². The van der Waals surface area contributed by atoms with Gasteiger partial charge in [0.1, 0.15) is 24.4 Å². The Hall–Kier alpha value is -3.62. The lowest BCUT2D eigenvalue weighted by Crippen LogP contribution is -2.60. The minimum Gasteiger partial charge on any atom is -0.502 e. The number of aliphatic hydroxyl groups is 4. The molecular formula is C22H20O13. The van der Waals surface area contributed by atoms with Crippen LogP contribution in [0.1, 0.15) is 0 Å². The first-order valence-electron chi connectivity index (χ1n) is 10.3. The maximum Gasteiger partial charge on any atom is 0.344 e. The molecule has 0 aliphatic carbocycles. The van der Waals surface area contributed by atoms with E-state index in [4.69, 9.17) is 27.8 Å². The molecule has 0 spiro atoms. The highest BCUT2D eigenvalue weighted by molar-refractivity contribution is 6.22. The molecule has 2 aromatic heterocycles. The van der Waals surface area contributed by atoms with Gasteiger partial charge in [-0.1, -0.05) is 0 Å². The second kappa shape index (κ2) is 8.25. The monoisotopic (exact) mass is 492 g/mol. The summed E-state index contributed by atoms with van der Waals surface area (Å²) < 4.78 is 32.2. The fraction of sp³-hybridized carbons (Fsp3) is 0.364. The largest absolute Gasteiger partial charge is 0.502 e. The average Bonchev–Trinajstić information content (AvgIpc) is 2.85. The van der Waals surface area contributed by atoms with Crippen LogP contribution >= 0.6 is 0 Å². The van der Waals surface area contributed by atoms with E-state index in [1.54, 1.807) is 0 Å². The SMILES string of the molecule is COc1cc2c(=O)oc3c(O[C@H]4OC(CO)[C@@H](O)C(O)[C@@H]4O)c(OC)cc4c(=O)oc(c1O)c2c34. The molecule has 1 aliphatic rings. The van der Waals surface area contributed by atoms with Gasteiger partial charge in [0.15, 0.2) is 22.7 Å². The summed E-state index contributed by atoms with van der Waals surface area (Å²) in [6.45, 7) is -0.697. The van der Waals surface area contributed by atoms with Gasteiger partial charge in [0.2, 0.25) is 17.8 Å². The lowest BCUT2D eigenvalue weighted by molar-refractivity contribution is -0.277. The van der Waals surface area contributed by atoms with Gasteiger partial charge in [0, 0.05) is 10.8 Å². The summed E-state index contributed by atoms with van der Waals surface area (Å²) >= 11 is 0. The summed E-state index contributed by atoms with van der Waals surface area (Å²) in [5.74, 6) is -1.05. The van der Waals surface area contributed by atoms with E-state index in [0.717, 1.165) is 0 Å². The van der Waals surface area contributed by atoms with Gasteiger partial charge in [-0.05, 0) is 12.1 Å². The van der Waals surface area contributed by atoms with E-state index < -0.39 is 54.3 Å². The molecule has 5 atom stereocenters. The van der Waals surface area contributed by atoms with E-state index in [1.165, 1.54) is 26.4 Å². The van der Waals surface area contributed by atoms with Crippen molar-refractivity contribution in [1.82, 2.24) is 0 Å². The number of aromatic hydroxyl groups is 1. The van der Waals surface area contributed by atoms with Crippen LogP contribution in [0.4, 0.5) is 0 Å². The smallest absolute Gasteiger partial charge is 0.344 e. The van der Waals surface area contributed by atoms with Crippen molar-refractivity contribution in [3.05, 3.63) is 33.0 Å². The van der Waals surface area contributed by atoms with Crippen molar-refractivity contribution < 1.29 is 53.3 Å². The average molecular weight is 492 g/mol. The summed E-state index contributed by atoms with van der Waals surface area (Å²) in [6, 6.07) is 2.47. The Morgan fingerprint density at radius 1 is 0.857 bits per heavy atom. The van der Waals surface area contributed by atoms with Crippen molar-refractivity contribution in [2.75, 3.05) is 20.8 Å². The Morgan fingerprint density at radius 2 is 1.43 bits per heavy atom. The van der Waals surface area contributed by atoms with Crippen molar-refractivity contribution in [2.24, 2.45) is 0 Å². The van der Waals surface area contributed by atoms with Crippen LogP contribution in [0, 0.1) is 0 Å². The van der Waals surface area contributed by atoms with Crippen LogP contribution in [0.25, 0.3) is 32.7 Å². The summed E-state index contributed by atoms with van der Waals surface area (Å²) in [5, 5.41) is 50.5. The number of aliphatic hydroxyl groups excluding tert-OH is 4. The quantitative estimate of drug-likeness (QED) is 0.175. The second-order valence-electron chi connectivity index (χ2n) is 7.93. The molecule has 3 heterocycles. The Balaban J connectivity index is 1.81. The van der Waals surface area contributed by atoms with Crippen LogP contribution in [-0.2, 0) is 4.74 Å². The molecule has 5 N–H and O–H groups in total. The molecule has 13 nitrogen and oxygen atoms in total. The third-order valence-corrected chi connectivity index (χ3v) is 6.02. The van der Waals surface area contributed by atoms with Gasteiger partial charge in [-0.2, -0.15) is 0 Å². The fourth-order valence-electron chi connectivity index (χ4n) is 4.25. The number of rotatable bonds is 5. The molecule has 2 unspecified atom stereocenters. The summed E-state index contributed by atoms with van der Waals surface area (Å²) in [5.41, 5.74) is -2.41. The van der Waals surface area contributed by atoms with E-state index >= 15 is 0 Å². The third-order valence-electron chi connectivity index (χ3n) is 6.02. The van der Waals surface area contributed by atoms with E-state index in [-0.39, 0.29) is 50.0 Å². The molecule has 186 valence electrons. The zero-order valence-corrected chi connectivity index (χ0v) is 18.3. The van der Waals surface area contributed by atoms with Crippen LogP contribution in [0.5, 0.6) is 23.0 Å². The number of phenols is 1. The Labute approximate surface area is 194 Å². The second-order valence-corrected chi connectivity index (χ2v) is 7.93. The molecule has 13 heteroatoms. The van der Waals surface area contributed by atoms with Gasteiger partial charge in [-0.25, -0.2) is 9.59 Å². The van der Waals surface area contributed by atoms with Crippen LogP contribution in [0.15, 0.2) is 30.6 Å². The van der Waals surface area contributed by atoms with Crippen LogP contribution in [0.3, 0.4) is 0 Å². The highest BCUT2D eigenvalue weighted by Gasteiger charge is 2.45. The van der Waals surface area contributed by atoms with Crippen LogP contribution in [0.2, 0.25) is 0 Å². The predicted molar refractivity (Wildman–Crippen MR) is 116 cm³/mol. The van der Waals surface area contributed by atoms with E-state index in [2.05, 4.69) is 0 Å². The predicted octanol–water partition coefficient (Wildman–Crippen LogP) is -0.608. The maximum absolute atomic E-state index is 12.9. The summed E-state index contributed by atoms with van der Waals surface area (Å²) in [4.78, 5) is 25.7. The lowest BCUT2D eigenvalue weighted by Gasteiger charge is -2.39. The molecule has 5 rings (SSSR count). The molecular weight excluding hydrogens is 472 g/mol. The molecule has 2 aromatic carbocycles. The van der Waals surface area contributed by atoms with Gasteiger partial charge in [-0.15, -0.1) is 0 Å². The first-order valence-corrected chi connectivity index (χ1v) is 10.3. The number of ether oxygens (including phenoxy) is 4. The lowest BCUT2D eigenvalue weighted by atomic mass is 9.99. The van der Waals surface area contributed by atoms with Crippen molar-refractivity contribution in [2.45, 2.75) is 30.7 Å². The fourth-order valence-corrected chi connectivity index (χ4v) is 4.25. The van der Waals surface area contributed by atoms with E-state index in [9.17, 15) is 35.1 Å². The zero-order valence-electron chi connectivity index (χ0n) is 18.3. The summed E-state index contributed by atoms with van der Waals surface area (Å²) in [7, 11) is 2.49. The third kappa shape index (κ3) is 3.28. The number of methoxy groups -OCH3 is 2. The van der Waals surface area contributed by atoms with Crippen LogP contribution in [-0.4, -0.2) is 77.1 Å². The van der Waals surface area contributed by atoms with Crippen molar-refractivity contribution in [1.29, 1.82) is 0 Å². The first-order chi connectivity index (χ1) is 16.7. The minimum absolute atomic E-state index is 0.0455. The molecule has 0 bridgehead atoms. The van der Waals surface area contributed by atoms with Crippen molar-refractivity contribution in [3.63, 3.8) is 0 Å². The number of benzene rings is 2. The molecule has 1 saturated heterocycles. The van der Waals surface area contributed by atoms with Gasteiger partial charge < -0.3 is 53.3 Å². The molecule has 0 amide bonds.